The Bertz CT molecular complexity index is 218. The Morgan fingerprint density at radius 1 is 1.50 bits per heavy atom. The molecule has 0 aromatic heterocycles. The molecule has 2 unspecified atom stereocenters. The molecule has 1 heterocycles. The molecule has 0 radical (unpaired) electrons. The van der Waals surface area contributed by atoms with Gasteiger partial charge in [-0.15, -0.1) is 0 Å². The molecular formula is C12H23NO3. The van der Waals surface area contributed by atoms with E-state index in [4.69, 9.17) is 9.47 Å². The second kappa shape index (κ2) is 6.99. The predicted octanol–water partition coefficient (Wildman–Crippen LogP) is 0.995. The maximum Gasteiger partial charge on any atom is 0.165 e. The maximum atomic E-state index is 11.9. The summed E-state index contributed by atoms with van der Waals surface area (Å²) in [4.78, 5) is 11.9. The van der Waals surface area contributed by atoms with Crippen molar-refractivity contribution in [3.8, 4) is 0 Å². The third-order valence-corrected chi connectivity index (χ3v) is 2.71. The summed E-state index contributed by atoms with van der Waals surface area (Å²) in [6, 6.07) is 0.170. The molecule has 0 aliphatic carbocycles. The van der Waals surface area contributed by atoms with Crippen LogP contribution in [0.4, 0.5) is 0 Å². The lowest BCUT2D eigenvalue weighted by molar-refractivity contribution is -0.129. The Morgan fingerprint density at radius 2 is 2.25 bits per heavy atom. The van der Waals surface area contributed by atoms with Gasteiger partial charge in [0.05, 0.1) is 25.2 Å². The number of hydrogen-bond acceptors (Lipinski definition) is 4. The van der Waals surface area contributed by atoms with Crippen molar-refractivity contribution in [3.63, 3.8) is 0 Å². The molecule has 1 fully saturated rings. The number of carbonyl (C=O) groups excluding carboxylic acids is 1. The van der Waals surface area contributed by atoms with Crippen LogP contribution in [-0.2, 0) is 14.3 Å². The van der Waals surface area contributed by atoms with Gasteiger partial charge < -0.3 is 14.8 Å². The average Bonchev–Trinajstić information content (AvgIpc) is 2.71. The normalized spacial score (nSPS) is 25.2. The van der Waals surface area contributed by atoms with Crippen molar-refractivity contribution in [2.45, 2.75) is 39.3 Å². The first-order chi connectivity index (χ1) is 7.65. The third-order valence-electron chi connectivity index (χ3n) is 2.71. The van der Waals surface area contributed by atoms with Gasteiger partial charge in [-0.05, 0) is 26.8 Å². The summed E-state index contributed by atoms with van der Waals surface area (Å²) < 4.78 is 10.7. The molecule has 0 saturated carbocycles. The van der Waals surface area contributed by atoms with Crippen LogP contribution in [0.2, 0.25) is 0 Å². The van der Waals surface area contributed by atoms with Gasteiger partial charge in [0.1, 0.15) is 6.61 Å². The Hall–Kier alpha value is -0.450. The number of ketones is 1. The second-order valence-corrected chi connectivity index (χ2v) is 4.53. The van der Waals surface area contributed by atoms with Crippen LogP contribution in [-0.4, -0.2) is 44.3 Å². The Kier molecular flexibility index (Phi) is 5.95. The van der Waals surface area contributed by atoms with Crippen LogP contribution in [0.3, 0.4) is 0 Å². The van der Waals surface area contributed by atoms with Crippen molar-refractivity contribution in [1.82, 2.24) is 5.32 Å². The van der Waals surface area contributed by atoms with Crippen LogP contribution in [0.25, 0.3) is 0 Å². The molecule has 4 heteroatoms. The van der Waals surface area contributed by atoms with E-state index in [1.54, 1.807) is 0 Å². The number of Topliss-reactive ketones (excluding diaryl/α,β-unsaturated/α-hetero) is 1. The first-order valence-electron chi connectivity index (χ1n) is 6.10. The van der Waals surface area contributed by atoms with Crippen molar-refractivity contribution >= 4 is 5.78 Å². The summed E-state index contributed by atoms with van der Waals surface area (Å²) in [5, 5.41) is 3.35. The van der Waals surface area contributed by atoms with Crippen LogP contribution in [0.15, 0.2) is 0 Å². The molecule has 0 amide bonds. The van der Waals surface area contributed by atoms with Crippen molar-refractivity contribution in [3.05, 3.63) is 0 Å². The standard InChI is InChI=1S/C12H23NO3/c1-4-5-13-11-7-15-6-10(11)12(14)8-16-9(2)3/h9-11,13H,4-8H2,1-3H3. The van der Waals surface area contributed by atoms with Crippen LogP contribution < -0.4 is 5.32 Å². The number of ether oxygens (including phenoxy) is 2. The SMILES string of the molecule is CCCNC1COCC1C(=O)COC(C)C. The Balaban J connectivity index is 2.35. The van der Waals surface area contributed by atoms with Crippen molar-refractivity contribution < 1.29 is 14.3 Å². The molecule has 0 bridgehead atoms. The van der Waals surface area contributed by atoms with E-state index in [1.165, 1.54) is 0 Å². The molecule has 1 saturated heterocycles. The van der Waals surface area contributed by atoms with Crippen molar-refractivity contribution in [2.75, 3.05) is 26.4 Å². The van der Waals surface area contributed by atoms with Gasteiger partial charge in [0.2, 0.25) is 0 Å². The highest BCUT2D eigenvalue weighted by Crippen LogP contribution is 2.15. The lowest BCUT2D eigenvalue weighted by atomic mass is 9.99. The van der Waals surface area contributed by atoms with Gasteiger partial charge in [0.25, 0.3) is 0 Å². The summed E-state index contributed by atoms with van der Waals surface area (Å²) in [7, 11) is 0. The monoisotopic (exact) mass is 229 g/mol. The van der Waals surface area contributed by atoms with Crippen LogP contribution in [0.1, 0.15) is 27.2 Å². The highest BCUT2D eigenvalue weighted by molar-refractivity contribution is 5.83. The molecule has 2 atom stereocenters. The third kappa shape index (κ3) is 4.20. The fourth-order valence-electron chi connectivity index (χ4n) is 1.76. The second-order valence-electron chi connectivity index (χ2n) is 4.53. The van der Waals surface area contributed by atoms with E-state index in [0.717, 1.165) is 13.0 Å². The molecule has 0 aromatic carbocycles. The highest BCUT2D eigenvalue weighted by Gasteiger charge is 2.33. The zero-order chi connectivity index (χ0) is 12.0. The molecule has 1 rings (SSSR count). The van der Waals surface area contributed by atoms with Crippen molar-refractivity contribution in [1.29, 1.82) is 0 Å². The number of hydrogen-bond donors (Lipinski definition) is 1. The van der Waals surface area contributed by atoms with E-state index < -0.39 is 0 Å². The number of carbonyl (C=O) groups is 1. The quantitative estimate of drug-likeness (QED) is 0.707. The minimum atomic E-state index is -0.0368. The minimum Gasteiger partial charge on any atom is -0.379 e. The summed E-state index contributed by atoms with van der Waals surface area (Å²) >= 11 is 0. The molecule has 16 heavy (non-hydrogen) atoms. The van der Waals surface area contributed by atoms with Crippen molar-refractivity contribution in [2.24, 2.45) is 5.92 Å². The molecule has 94 valence electrons. The van der Waals surface area contributed by atoms with Gasteiger partial charge >= 0.3 is 0 Å². The molecule has 1 aliphatic heterocycles. The first kappa shape index (κ1) is 13.6. The zero-order valence-electron chi connectivity index (χ0n) is 10.5. The lowest BCUT2D eigenvalue weighted by Crippen LogP contribution is -2.41. The molecular weight excluding hydrogens is 206 g/mol. The van der Waals surface area contributed by atoms with E-state index >= 15 is 0 Å². The fraction of sp³-hybridized carbons (Fsp3) is 0.917. The smallest absolute Gasteiger partial charge is 0.165 e. The largest absolute Gasteiger partial charge is 0.379 e. The minimum absolute atomic E-state index is 0.0368. The molecule has 1 aliphatic rings. The maximum absolute atomic E-state index is 11.9. The summed E-state index contributed by atoms with van der Waals surface area (Å²) in [5.41, 5.74) is 0. The van der Waals surface area contributed by atoms with E-state index in [9.17, 15) is 4.79 Å². The summed E-state index contributed by atoms with van der Waals surface area (Å²) in [5.74, 6) is 0.116. The fourth-order valence-corrected chi connectivity index (χ4v) is 1.76. The van der Waals surface area contributed by atoms with E-state index in [0.29, 0.717) is 13.2 Å². The zero-order valence-corrected chi connectivity index (χ0v) is 10.5. The number of rotatable bonds is 7. The average molecular weight is 229 g/mol. The first-order valence-corrected chi connectivity index (χ1v) is 6.10. The predicted molar refractivity (Wildman–Crippen MR) is 62.5 cm³/mol. The van der Waals surface area contributed by atoms with Gasteiger partial charge in [-0.2, -0.15) is 0 Å². The molecule has 0 aromatic rings. The summed E-state index contributed by atoms with van der Waals surface area (Å²) in [6.45, 7) is 8.29. The Morgan fingerprint density at radius 3 is 2.88 bits per heavy atom. The van der Waals surface area contributed by atoms with Crippen LogP contribution in [0, 0.1) is 5.92 Å². The van der Waals surface area contributed by atoms with Gasteiger partial charge in [0.15, 0.2) is 5.78 Å². The summed E-state index contributed by atoms with van der Waals surface area (Å²) in [6.07, 6.45) is 1.17. The van der Waals surface area contributed by atoms with E-state index in [1.807, 2.05) is 13.8 Å². The van der Waals surface area contributed by atoms with Gasteiger partial charge in [-0.1, -0.05) is 6.92 Å². The van der Waals surface area contributed by atoms with Gasteiger partial charge in [0, 0.05) is 6.04 Å². The Labute approximate surface area is 97.7 Å². The highest BCUT2D eigenvalue weighted by atomic mass is 16.5. The topological polar surface area (TPSA) is 47.6 Å². The lowest BCUT2D eigenvalue weighted by Gasteiger charge is -2.18. The molecule has 4 nitrogen and oxygen atoms in total. The number of nitrogens with one attached hydrogen (secondary N) is 1. The van der Waals surface area contributed by atoms with E-state index in [-0.39, 0.29) is 30.5 Å². The van der Waals surface area contributed by atoms with Gasteiger partial charge in [-0.3, -0.25) is 4.79 Å². The molecule has 0 spiro atoms. The van der Waals surface area contributed by atoms with Crippen LogP contribution in [0.5, 0.6) is 0 Å². The van der Waals surface area contributed by atoms with Crippen LogP contribution >= 0.6 is 0 Å². The molecule has 1 N–H and O–H groups in total. The van der Waals surface area contributed by atoms with Gasteiger partial charge in [-0.25, -0.2) is 0 Å². The van der Waals surface area contributed by atoms with E-state index in [2.05, 4.69) is 12.2 Å².